The van der Waals surface area contributed by atoms with E-state index in [-0.39, 0.29) is 17.1 Å². The van der Waals surface area contributed by atoms with E-state index in [1.54, 1.807) is 42.5 Å². The quantitative estimate of drug-likeness (QED) is 0.768. The molecule has 0 fully saturated rings. The minimum absolute atomic E-state index is 0.00913. The summed E-state index contributed by atoms with van der Waals surface area (Å²) in [5, 5.41) is 0. The van der Waals surface area contributed by atoms with Gasteiger partial charge in [-0.15, -0.1) is 0 Å². The van der Waals surface area contributed by atoms with Crippen molar-refractivity contribution in [3.05, 3.63) is 65.7 Å². The fourth-order valence-corrected chi connectivity index (χ4v) is 3.29. The number of rotatable bonds is 6. The van der Waals surface area contributed by atoms with Crippen LogP contribution >= 0.6 is 0 Å². The molecule has 0 spiro atoms. The minimum Gasteiger partial charge on any atom is -0.300 e. The Morgan fingerprint density at radius 3 is 2.05 bits per heavy atom. The van der Waals surface area contributed by atoms with Gasteiger partial charge in [0.05, 0.1) is 4.90 Å². The molecule has 0 atom stereocenters. The molecule has 0 unspecified atom stereocenters. The normalized spacial score (nSPS) is 11.1. The van der Waals surface area contributed by atoms with Gasteiger partial charge in [0.15, 0.2) is 15.6 Å². The number of carbonyl (C=O) groups is 2. The lowest BCUT2D eigenvalue weighted by atomic mass is 10.1. The molecular weight excluding hydrogens is 300 g/mol. The summed E-state index contributed by atoms with van der Waals surface area (Å²) >= 11 is 0. The van der Waals surface area contributed by atoms with Crippen LogP contribution in [-0.4, -0.2) is 25.7 Å². The van der Waals surface area contributed by atoms with Gasteiger partial charge >= 0.3 is 0 Å². The molecule has 0 N–H and O–H groups in total. The van der Waals surface area contributed by atoms with E-state index in [9.17, 15) is 18.0 Å². The van der Waals surface area contributed by atoms with Gasteiger partial charge in [0.2, 0.25) is 0 Å². The number of Topliss-reactive ketones (excluding diaryl/α,β-unsaturated/α-hetero) is 2. The highest BCUT2D eigenvalue weighted by Gasteiger charge is 2.20. The Morgan fingerprint density at radius 2 is 1.50 bits per heavy atom. The Balaban J connectivity index is 2.16. The van der Waals surface area contributed by atoms with Gasteiger partial charge in [0.1, 0.15) is 11.5 Å². The van der Waals surface area contributed by atoms with Gasteiger partial charge in [-0.25, -0.2) is 8.42 Å². The van der Waals surface area contributed by atoms with Crippen LogP contribution in [0, 0.1) is 0 Å². The van der Waals surface area contributed by atoms with Crippen molar-refractivity contribution in [2.45, 2.75) is 18.2 Å². The molecule has 5 heteroatoms. The van der Waals surface area contributed by atoms with Gasteiger partial charge < -0.3 is 0 Å². The first-order valence-corrected chi connectivity index (χ1v) is 8.43. The minimum atomic E-state index is -3.69. The van der Waals surface area contributed by atoms with Crippen molar-refractivity contribution >= 4 is 21.4 Å². The van der Waals surface area contributed by atoms with Gasteiger partial charge in [-0.3, -0.25) is 9.59 Å². The lowest BCUT2D eigenvalue weighted by Gasteiger charge is -2.05. The lowest BCUT2D eigenvalue weighted by molar-refractivity contribution is -0.116. The van der Waals surface area contributed by atoms with E-state index in [1.807, 2.05) is 0 Å². The second-order valence-electron chi connectivity index (χ2n) is 5.07. The average Bonchev–Trinajstić information content (AvgIpc) is 2.47. The standard InChI is InChI=1S/C17H16O4S/c1-13(18)11-14-7-9-16(10-8-14)22(20,21)12-17(19)15-5-3-2-4-6-15/h2-10H,11-12H2,1H3. The van der Waals surface area contributed by atoms with Gasteiger partial charge in [0, 0.05) is 12.0 Å². The third kappa shape index (κ3) is 4.11. The summed E-state index contributed by atoms with van der Waals surface area (Å²) in [6.07, 6.45) is 0.267. The highest BCUT2D eigenvalue weighted by Crippen LogP contribution is 2.15. The fraction of sp³-hybridized carbons (Fsp3) is 0.176. The number of carbonyl (C=O) groups excluding carboxylic acids is 2. The van der Waals surface area contributed by atoms with Gasteiger partial charge in [-0.1, -0.05) is 42.5 Å². The Hall–Kier alpha value is -2.27. The number of hydrogen-bond donors (Lipinski definition) is 0. The Bertz CT molecular complexity index is 775. The third-order valence-electron chi connectivity index (χ3n) is 3.15. The number of sulfone groups is 1. The first kappa shape index (κ1) is 16.1. The molecule has 0 heterocycles. The summed E-state index contributed by atoms with van der Waals surface area (Å²) in [4.78, 5) is 23.1. The van der Waals surface area contributed by atoms with E-state index < -0.39 is 21.4 Å². The molecule has 4 nitrogen and oxygen atoms in total. The summed E-state index contributed by atoms with van der Waals surface area (Å²) in [5.41, 5.74) is 1.13. The smallest absolute Gasteiger partial charge is 0.185 e. The molecule has 0 saturated carbocycles. The molecule has 2 aromatic carbocycles. The summed E-state index contributed by atoms with van der Waals surface area (Å²) in [7, 11) is -3.69. The van der Waals surface area contributed by atoms with Crippen molar-refractivity contribution in [1.82, 2.24) is 0 Å². The predicted octanol–water partition coefficient (Wildman–Crippen LogP) is 2.47. The molecule has 0 bridgehead atoms. The molecule has 0 aliphatic rings. The maximum atomic E-state index is 12.3. The average molecular weight is 316 g/mol. The molecule has 0 aromatic heterocycles. The van der Waals surface area contributed by atoms with Crippen LogP contribution in [0.2, 0.25) is 0 Å². The highest BCUT2D eigenvalue weighted by molar-refractivity contribution is 7.92. The van der Waals surface area contributed by atoms with Crippen molar-refractivity contribution in [3.63, 3.8) is 0 Å². The van der Waals surface area contributed by atoms with E-state index in [0.717, 1.165) is 5.56 Å². The number of hydrogen-bond acceptors (Lipinski definition) is 4. The summed E-state index contributed by atoms with van der Waals surface area (Å²) < 4.78 is 24.5. The highest BCUT2D eigenvalue weighted by atomic mass is 32.2. The summed E-state index contributed by atoms with van der Waals surface area (Å²) in [5.74, 6) is -0.994. The van der Waals surface area contributed by atoms with E-state index in [2.05, 4.69) is 0 Å². The number of benzene rings is 2. The maximum absolute atomic E-state index is 12.3. The molecule has 114 valence electrons. The molecule has 0 aliphatic carbocycles. The van der Waals surface area contributed by atoms with Gasteiger partial charge in [0.25, 0.3) is 0 Å². The molecule has 0 saturated heterocycles. The first-order valence-electron chi connectivity index (χ1n) is 6.78. The summed E-state index contributed by atoms with van der Waals surface area (Å²) in [6, 6.07) is 14.4. The van der Waals surface area contributed by atoms with Crippen LogP contribution in [0.4, 0.5) is 0 Å². The van der Waals surface area contributed by atoms with E-state index in [1.165, 1.54) is 19.1 Å². The Morgan fingerprint density at radius 1 is 0.909 bits per heavy atom. The molecule has 2 aromatic rings. The monoisotopic (exact) mass is 316 g/mol. The topological polar surface area (TPSA) is 68.3 Å². The largest absolute Gasteiger partial charge is 0.300 e. The van der Waals surface area contributed by atoms with Crippen molar-refractivity contribution in [2.24, 2.45) is 0 Å². The van der Waals surface area contributed by atoms with Crippen molar-refractivity contribution < 1.29 is 18.0 Å². The van der Waals surface area contributed by atoms with Crippen LogP contribution < -0.4 is 0 Å². The van der Waals surface area contributed by atoms with Crippen LogP contribution in [0.3, 0.4) is 0 Å². The second-order valence-corrected chi connectivity index (χ2v) is 7.06. The second kappa shape index (κ2) is 6.66. The molecule has 0 radical (unpaired) electrons. The zero-order valence-electron chi connectivity index (χ0n) is 12.2. The summed E-state index contributed by atoms with van der Waals surface area (Å²) in [6.45, 7) is 1.48. The van der Waals surface area contributed by atoms with Crippen LogP contribution in [0.1, 0.15) is 22.8 Å². The van der Waals surface area contributed by atoms with E-state index in [4.69, 9.17) is 0 Å². The SMILES string of the molecule is CC(=O)Cc1ccc(S(=O)(=O)CC(=O)c2ccccc2)cc1. The van der Waals surface area contributed by atoms with Crippen LogP contribution in [-0.2, 0) is 21.1 Å². The van der Waals surface area contributed by atoms with E-state index in [0.29, 0.717) is 5.56 Å². The first-order chi connectivity index (χ1) is 10.4. The van der Waals surface area contributed by atoms with Crippen molar-refractivity contribution in [3.8, 4) is 0 Å². The molecule has 0 amide bonds. The zero-order valence-corrected chi connectivity index (χ0v) is 13.0. The number of ketones is 2. The fourth-order valence-electron chi connectivity index (χ4n) is 2.07. The predicted molar refractivity (Wildman–Crippen MR) is 83.7 cm³/mol. The van der Waals surface area contributed by atoms with Crippen LogP contribution in [0.15, 0.2) is 59.5 Å². The zero-order chi connectivity index (χ0) is 16.2. The van der Waals surface area contributed by atoms with Gasteiger partial charge in [-0.2, -0.15) is 0 Å². The Kier molecular flexibility index (Phi) is 4.88. The molecule has 22 heavy (non-hydrogen) atoms. The third-order valence-corrected chi connectivity index (χ3v) is 4.79. The molecular formula is C17H16O4S. The lowest BCUT2D eigenvalue weighted by Crippen LogP contribution is -2.16. The van der Waals surface area contributed by atoms with Crippen LogP contribution in [0.25, 0.3) is 0 Å². The molecule has 0 aliphatic heterocycles. The van der Waals surface area contributed by atoms with E-state index >= 15 is 0 Å². The maximum Gasteiger partial charge on any atom is 0.185 e. The van der Waals surface area contributed by atoms with Gasteiger partial charge in [-0.05, 0) is 24.6 Å². The van der Waals surface area contributed by atoms with Crippen molar-refractivity contribution in [1.29, 1.82) is 0 Å². The van der Waals surface area contributed by atoms with Crippen molar-refractivity contribution in [2.75, 3.05) is 5.75 Å². The Labute approximate surface area is 129 Å². The van der Waals surface area contributed by atoms with Crippen LogP contribution in [0.5, 0.6) is 0 Å². The molecule has 2 rings (SSSR count).